The summed E-state index contributed by atoms with van der Waals surface area (Å²) >= 11 is 0. The molecule has 0 aromatic heterocycles. The van der Waals surface area contributed by atoms with Crippen molar-refractivity contribution < 1.29 is 9.90 Å². The number of aromatic hydroxyl groups is 1. The number of benzene rings is 2. The summed E-state index contributed by atoms with van der Waals surface area (Å²) in [4.78, 5) is 14.5. The second-order valence-electron chi connectivity index (χ2n) is 5.81. The second kappa shape index (κ2) is 6.20. The summed E-state index contributed by atoms with van der Waals surface area (Å²) < 4.78 is 0. The number of phenolic OH excluding ortho intramolecular Hbond substituents is 1. The molecule has 2 aromatic rings. The summed E-state index contributed by atoms with van der Waals surface area (Å²) in [6, 6.07) is 14.5. The van der Waals surface area contributed by atoms with Crippen molar-refractivity contribution in [2.24, 2.45) is 5.10 Å². The van der Waals surface area contributed by atoms with E-state index >= 15 is 0 Å². The van der Waals surface area contributed by atoms with Gasteiger partial charge in [0.15, 0.2) is 0 Å². The van der Waals surface area contributed by atoms with Crippen molar-refractivity contribution >= 4 is 23.0 Å². The van der Waals surface area contributed by atoms with Gasteiger partial charge in [0.05, 0.1) is 17.0 Å². The van der Waals surface area contributed by atoms with Crippen molar-refractivity contribution in [3.8, 4) is 5.75 Å². The van der Waals surface area contributed by atoms with Crippen LogP contribution in [0.2, 0.25) is 0 Å². The molecule has 1 amide bonds. The molecule has 1 heterocycles. The Hall–Kier alpha value is -3.08. The van der Waals surface area contributed by atoms with Gasteiger partial charge in [-0.05, 0) is 50.2 Å². The maximum absolute atomic E-state index is 12.7. The summed E-state index contributed by atoms with van der Waals surface area (Å²) in [6.45, 7) is 3.82. The molecular formula is C19H19N3O2. The van der Waals surface area contributed by atoms with E-state index < -0.39 is 0 Å². The number of phenols is 1. The fourth-order valence-electron chi connectivity index (χ4n) is 2.48. The molecule has 0 spiro atoms. The Bertz CT molecular complexity index is 821. The normalized spacial score (nSPS) is 15.8. The maximum Gasteiger partial charge on any atom is 0.282 e. The number of hydrogen-bond acceptors (Lipinski definition) is 4. The lowest BCUT2D eigenvalue weighted by Gasteiger charge is -2.16. The van der Waals surface area contributed by atoms with E-state index in [9.17, 15) is 9.90 Å². The van der Waals surface area contributed by atoms with E-state index in [2.05, 4.69) is 5.10 Å². The van der Waals surface area contributed by atoms with Crippen LogP contribution < -0.4 is 9.91 Å². The van der Waals surface area contributed by atoms with Gasteiger partial charge < -0.3 is 10.0 Å². The van der Waals surface area contributed by atoms with Crippen molar-refractivity contribution in [3.63, 3.8) is 0 Å². The van der Waals surface area contributed by atoms with E-state index in [0.717, 1.165) is 16.9 Å². The monoisotopic (exact) mass is 321 g/mol. The van der Waals surface area contributed by atoms with E-state index in [1.54, 1.807) is 30.5 Å². The van der Waals surface area contributed by atoms with Crippen LogP contribution in [0.4, 0.5) is 11.4 Å². The molecule has 0 unspecified atom stereocenters. The highest BCUT2D eigenvalue weighted by Crippen LogP contribution is 2.25. The lowest BCUT2D eigenvalue weighted by molar-refractivity contribution is -0.114. The fraction of sp³-hybridized carbons (Fsp3) is 0.158. The molecule has 1 aliphatic rings. The highest BCUT2D eigenvalue weighted by atomic mass is 16.3. The van der Waals surface area contributed by atoms with Crippen molar-refractivity contribution in [2.75, 3.05) is 17.0 Å². The maximum atomic E-state index is 12.7. The molecule has 3 rings (SSSR count). The number of carbonyl (C=O) groups excluding carboxylic acids is 1. The molecule has 0 radical (unpaired) electrons. The molecule has 0 saturated heterocycles. The molecule has 122 valence electrons. The van der Waals surface area contributed by atoms with Crippen LogP contribution in [-0.4, -0.2) is 23.8 Å². The third kappa shape index (κ3) is 3.01. The molecule has 5 heteroatoms. The lowest BCUT2D eigenvalue weighted by atomic mass is 10.1. The van der Waals surface area contributed by atoms with Gasteiger partial charge in [-0.3, -0.25) is 4.79 Å². The lowest BCUT2D eigenvalue weighted by Crippen LogP contribution is -2.23. The minimum absolute atomic E-state index is 0.151. The van der Waals surface area contributed by atoms with Crippen LogP contribution in [0.25, 0.3) is 0 Å². The second-order valence-corrected chi connectivity index (χ2v) is 5.81. The highest BCUT2D eigenvalue weighted by Gasteiger charge is 2.29. The topological polar surface area (TPSA) is 56.1 Å². The van der Waals surface area contributed by atoms with Crippen molar-refractivity contribution in [3.05, 3.63) is 65.9 Å². The van der Waals surface area contributed by atoms with Crippen molar-refractivity contribution in [2.45, 2.75) is 13.8 Å². The van der Waals surface area contributed by atoms with Crippen LogP contribution in [0.5, 0.6) is 5.75 Å². The number of amides is 1. The third-order valence-corrected chi connectivity index (χ3v) is 3.92. The van der Waals surface area contributed by atoms with E-state index in [0.29, 0.717) is 11.3 Å². The minimum atomic E-state index is -0.151. The molecule has 0 bridgehead atoms. The SMILES string of the molecule is CC1=NN(c2ccc(C)cc2)C(=O)C1=CN(C)c1ccc(O)cc1. The molecule has 0 fully saturated rings. The number of anilines is 2. The van der Waals surface area contributed by atoms with Crippen LogP contribution in [0.3, 0.4) is 0 Å². The largest absolute Gasteiger partial charge is 0.508 e. The molecule has 0 atom stereocenters. The number of aryl methyl sites for hydroxylation is 1. The number of nitrogens with zero attached hydrogens (tertiary/aromatic N) is 3. The van der Waals surface area contributed by atoms with Gasteiger partial charge in [-0.25, -0.2) is 0 Å². The first-order chi connectivity index (χ1) is 11.5. The molecule has 0 aliphatic carbocycles. The molecular weight excluding hydrogens is 302 g/mol. The first-order valence-corrected chi connectivity index (χ1v) is 7.66. The molecule has 5 nitrogen and oxygen atoms in total. The van der Waals surface area contributed by atoms with E-state index in [1.807, 2.05) is 50.1 Å². The standard InChI is InChI=1S/C19H19N3O2/c1-13-4-6-16(7-5-13)22-19(24)18(14(2)20-22)12-21(3)15-8-10-17(23)11-9-15/h4-12,23H,1-3H3. The van der Waals surface area contributed by atoms with E-state index in [-0.39, 0.29) is 11.7 Å². The summed E-state index contributed by atoms with van der Waals surface area (Å²) in [5.74, 6) is 0.0574. The fourth-order valence-corrected chi connectivity index (χ4v) is 2.48. The minimum Gasteiger partial charge on any atom is -0.508 e. The summed E-state index contributed by atoms with van der Waals surface area (Å²) in [7, 11) is 1.86. The number of hydrogen-bond donors (Lipinski definition) is 1. The van der Waals surface area contributed by atoms with Crippen LogP contribution in [0, 0.1) is 6.92 Å². The van der Waals surface area contributed by atoms with Gasteiger partial charge in [0, 0.05) is 18.9 Å². The third-order valence-electron chi connectivity index (χ3n) is 3.92. The number of rotatable bonds is 3. The zero-order valence-electron chi connectivity index (χ0n) is 13.9. The van der Waals surface area contributed by atoms with Gasteiger partial charge in [0.25, 0.3) is 5.91 Å². The Morgan fingerprint density at radius 1 is 1.04 bits per heavy atom. The van der Waals surface area contributed by atoms with Gasteiger partial charge in [-0.2, -0.15) is 10.1 Å². The Labute approximate surface area is 141 Å². The van der Waals surface area contributed by atoms with Gasteiger partial charge in [0.2, 0.25) is 0 Å². The Morgan fingerprint density at radius 2 is 1.67 bits per heavy atom. The number of carbonyl (C=O) groups is 1. The van der Waals surface area contributed by atoms with Gasteiger partial charge in [-0.15, -0.1) is 0 Å². The highest BCUT2D eigenvalue weighted by molar-refractivity contribution is 6.29. The quantitative estimate of drug-likeness (QED) is 0.881. The molecule has 0 saturated carbocycles. The average molecular weight is 321 g/mol. The predicted molar refractivity (Wildman–Crippen MR) is 96.4 cm³/mol. The van der Waals surface area contributed by atoms with Crippen LogP contribution in [0.1, 0.15) is 12.5 Å². The summed E-state index contributed by atoms with van der Waals surface area (Å²) in [5, 5.41) is 15.2. The predicted octanol–water partition coefficient (Wildman–Crippen LogP) is 3.44. The van der Waals surface area contributed by atoms with Crippen LogP contribution in [-0.2, 0) is 4.79 Å². The Balaban J connectivity index is 1.87. The van der Waals surface area contributed by atoms with Crippen LogP contribution >= 0.6 is 0 Å². The zero-order chi connectivity index (χ0) is 17.3. The average Bonchev–Trinajstić information content (AvgIpc) is 2.84. The zero-order valence-corrected chi connectivity index (χ0v) is 13.9. The van der Waals surface area contributed by atoms with Crippen molar-refractivity contribution in [1.29, 1.82) is 0 Å². The molecule has 24 heavy (non-hydrogen) atoms. The smallest absolute Gasteiger partial charge is 0.282 e. The van der Waals surface area contributed by atoms with Crippen LogP contribution in [0.15, 0.2) is 65.4 Å². The molecule has 1 N–H and O–H groups in total. The first-order valence-electron chi connectivity index (χ1n) is 7.66. The van der Waals surface area contributed by atoms with E-state index in [4.69, 9.17) is 0 Å². The molecule has 1 aliphatic heterocycles. The summed E-state index contributed by atoms with van der Waals surface area (Å²) in [5.41, 5.74) is 3.97. The van der Waals surface area contributed by atoms with Gasteiger partial charge in [-0.1, -0.05) is 17.7 Å². The van der Waals surface area contributed by atoms with Crippen molar-refractivity contribution in [1.82, 2.24) is 0 Å². The summed E-state index contributed by atoms with van der Waals surface area (Å²) in [6.07, 6.45) is 1.77. The molecule has 2 aromatic carbocycles. The first kappa shape index (κ1) is 15.8. The van der Waals surface area contributed by atoms with E-state index in [1.165, 1.54) is 5.01 Å². The van der Waals surface area contributed by atoms with Gasteiger partial charge in [0.1, 0.15) is 5.75 Å². The van der Waals surface area contributed by atoms with Gasteiger partial charge >= 0.3 is 0 Å². The Morgan fingerprint density at radius 3 is 2.29 bits per heavy atom. The Kier molecular flexibility index (Phi) is 4.08. The number of hydrazone groups is 1.